The van der Waals surface area contributed by atoms with E-state index in [1.54, 1.807) is 5.56 Å². The average Bonchev–Trinajstić information content (AvgIpc) is 3.61. The van der Waals surface area contributed by atoms with E-state index in [9.17, 15) is 0 Å². The van der Waals surface area contributed by atoms with E-state index in [-0.39, 0.29) is 39.2 Å². The Kier molecular flexibility index (Phi) is 9.79. The third kappa shape index (κ3) is 6.76. The van der Waals surface area contributed by atoms with Crippen molar-refractivity contribution in [3.05, 3.63) is 124 Å². The Labute approximate surface area is 391 Å². The van der Waals surface area contributed by atoms with Gasteiger partial charge in [0, 0.05) is 43.3 Å². The van der Waals surface area contributed by atoms with Crippen LogP contribution in [0.5, 0.6) is 0 Å². The van der Waals surface area contributed by atoms with Crippen LogP contribution < -0.4 is 25.5 Å². The molecule has 64 heavy (non-hydrogen) atoms. The fraction of sp³-hybridized carbons (Fsp3) is 0.467. The maximum Gasteiger partial charge on any atom is 0.264 e. The highest BCUT2D eigenvalue weighted by atomic mass is 32.1. The Balaban J connectivity index is 1.35. The molecule has 2 nitrogen and oxygen atoms in total. The molecular weight excluding hydrogens is 792 g/mol. The summed E-state index contributed by atoms with van der Waals surface area (Å²) in [6.45, 7) is 36.4. The van der Waals surface area contributed by atoms with Crippen molar-refractivity contribution in [1.29, 1.82) is 0 Å². The summed E-state index contributed by atoms with van der Waals surface area (Å²) >= 11 is 2.04. The van der Waals surface area contributed by atoms with E-state index in [2.05, 4.69) is 199 Å². The second-order valence-corrected chi connectivity index (χ2v) is 26.1. The molecule has 2 aliphatic carbocycles. The van der Waals surface area contributed by atoms with E-state index >= 15 is 0 Å². The number of fused-ring (bicyclic) bond motifs is 8. The Morgan fingerprint density at radius 3 is 1.67 bits per heavy atom. The minimum absolute atomic E-state index is 0.0311. The number of nitrogens with zero attached hydrogens (tertiary/aromatic N) is 2. The SMILES string of the molecule is CCCCc1cc2c3c(c1)N(c1ccc(C(C)(C)C)cc1)c1c(sc4ccc(C(C)(C)C)cc14)B3c1cc3c(cc1N2c1ccc2c(c1)C(C)(C)CCC2(C)C)C(C)(C)CCC3(C)C. The second-order valence-electron chi connectivity index (χ2n) is 25.0. The predicted molar refractivity (Wildman–Crippen MR) is 282 cm³/mol. The van der Waals surface area contributed by atoms with Gasteiger partial charge in [0.25, 0.3) is 6.71 Å². The Hall–Kier alpha value is -4.28. The topological polar surface area (TPSA) is 6.48 Å². The van der Waals surface area contributed by atoms with Crippen molar-refractivity contribution >= 4 is 78.0 Å². The summed E-state index contributed by atoms with van der Waals surface area (Å²) in [4.78, 5) is 5.44. The molecule has 5 aromatic carbocycles. The molecule has 0 fully saturated rings. The second kappa shape index (κ2) is 14.4. The standard InChI is InChI=1S/C60H73BN2S/c1-16-17-18-37-31-49-52-50(32-37)63(40-22-19-38(20-23-40)55(2,3)4)53-42-33-39(56(5,6)7)21-26-51(42)64-54(53)61(52)47-35-45-46(60(14,15)30-29-59(45,12)13)36-48(47)62(49)41-24-25-43-44(34-41)58(10,11)28-27-57(43,8)9/h19-26,31-36H,16-18,27-30H2,1-15H3. The van der Waals surface area contributed by atoms with Crippen LogP contribution in [0.1, 0.15) is 181 Å². The number of hydrogen-bond acceptors (Lipinski definition) is 3. The van der Waals surface area contributed by atoms with Crippen molar-refractivity contribution in [2.45, 2.75) is 181 Å². The van der Waals surface area contributed by atoms with Crippen LogP contribution >= 0.6 is 11.3 Å². The smallest absolute Gasteiger partial charge is 0.264 e. The number of unbranched alkanes of at least 4 members (excludes halogenated alkanes) is 1. The van der Waals surface area contributed by atoms with Gasteiger partial charge in [-0.1, -0.05) is 141 Å². The van der Waals surface area contributed by atoms with E-state index in [4.69, 9.17) is 0 Å². The third-order valence-electron chi connectivity index (χ3n) is 16.5. The zero-order chi connectivity index (χ0) is 45.7. The van der Waals surface area contributed by atoms with Crippen LogP contribution in [0.4, 0.5) is 34.1 Å². The molecule has 6 aromatic rings. The number of anilines is 6. The molecule has 4 aliphatic rings. The molecule has 0 saturated heterocycles. The zero-order valence-corrected chi connectivity index (χ0v) is 42.7. The molecule has 10 rings (SSSR count). The van der Waals surface area contributed by atoms with E-state index in [0.29, 0.717) is 0 Å². The van der Waals surface area contributed by atoms with Gasteiger partial charge in [-0.2, -0.15) is 0 Å². The molecule has 332 valence electrons. The molecule has 0 unspecified atom stereocenters. The lowest BCUT2D eigenvalue weighted by Gasteiger charge is -2.47. The number of hydrogen-bond donors (Lipinski definition) is 0. The van der Waals surface area contributed by atoms with Crippen LogP contribution in [0, 0.1) is 0 Å². The number of thiophene rings is 1. The molecule has 0 N–H and O–H groups in total. The summed E-state index contributed by atoms with van der Waals surface area (Å²) < 4.78 is 2.84. The molecule has 0 radical (unpaired) electrons. The number of rotatable bonds is 5. The monoisotopic (exact) mass is 865 g/mol. The van der Waals surface area contributed by atoms with Gasteiger partial charge in [0.15, 0.2) is 0 Å². The van der Waals surface area contributed by atoms with Crippen molar-refractivity contribution < 1.29 is 0 Å². The predicted octanol–water partition coefficient (Wildman–Crippen LogP) is 15.6. The van der Waals surface area contributed by atoms with Crippen LogP contribution in [0.15, 0.2) is 84.9 Å². The van der Waals surface area contributed by atoms with Gasteiger partial charge >= 0.3 is 0 Å². The highest BCUT2D eigenvalue weighted by molar-refractivity contribution is 7.33. The van der Waals surface area contributed by atoms with E-state index in [1.165, 1.54) is 132 Å². The fourth-order valence-electron chi connectivity index (χ4n) is 12.0. The van der Waals surface area contributed by atoms with Gasteiger partial charge in [-0.25, -0.2) is 0 Å². The highest BCUT2D eigenvalue weighted by Gasteiger charge is 2.48. The summed E-state index contributed by atoms with van der Waals surface area (Å²) in [7, 11) is 0. The van der Waals surface area contributed by atoms with Crippen LogP contribution in [0.25, 0.3) is 10.1 Å². The van der Waals surface area contributed by atoms with Crippen LogP contribution in [0.3, 0.4) is 0 Å². The number of aryl methyl sites for hydroxylation is 1. The van der Waals surface area contributed by atoms with Gasteiger partial charge in [0.05, 0.1) is 5.69 Å². The minimum atomic E-state index is 0.0311. The van der Waals surface area contributed by atoms with E-state index < -0.39 is 0 Å². The first-order valence-corrected chi connectivity index (χ1v) is 25.5. The van der Waals surface area contributed by atoms with Gasteiger partial charge in [-0.05, 0) is 175 Å². The Bertz CT molecular complexity index is 2850. The lowest BCUT2D eigenvalue weighted by molar-refractivity contribution is 0.332. The first-order valence-electron chi connectivity index (χ1n) is 24.7. The average molecular weight is 865 g/mol. The summed E-state index contributed by atoms with van der Waals surface area (Å²) in [6, 6.07) is 35.2. The molecule has 0 amide bonds. The normalized spacial score (nSPS) is 18.9. The molecule has 1 aromatic heterocycles. The third-order valence-corrected chi connectivity index (χ3v) is 17.7. The lowest BCUT2D eigenvalue weighted by Crippen LogP contribution is -2.61. The van der Waals surface area contributed by atoms with E-state index in [0.717, 1.165) is 6.42 Å². The Morgan fingerprint density at radius 1 is 0.547 bits per heavy atom. The fourth-order valence-corrected chi connectivity index (χ4v) is 13.3. The summed E-state index contributed by atoms with van der Waals surface area (Å²) in [6.07, 6.45) is 8.19. The molecule has 3 heterocycles. The van der Waals surface area contributed by atoms with Crippen molar-refractivity contribution in [2.75, 3.05) is 9.80 Å². The molecular formula is C60H73BN2S. The zero-order valence-electron chi connectivity index (χ0n) is 41.9. The molecule has 0 atom stereocenters. The van der Waals surface area contributed by atoms with Crippen molar-refractivity contribution in [2.24, 2.45) is 0 Å². The Morgan fingerprint density at radius 2 is 1.08 bits per heavy atom. The van der Waals surface area contributed by atoms with Crippen LogP contribution in [-0.2, 0) is 38.9 Å². The minimum Gasteiger partial charge on any atom is -0.311 e. The first-order chi connectivity index (χ1) is 29.9. The summed E-state index contributed by atoms with van der Waals surface area (Å²) in [5.41, 5.74) is 21.7. The molecule has 2 aliphatic heterocycles. The molecule has 0 saturated carbocycles. The van der Waals surface area contributed by atoms with Gasteiger partial charge in [0.2, 0.25) is 0 Å². The highest BCUT2D eigenvalue weighted by Crippen LogP contribution is 2.54. The summed E-state index contributed by atoms with van der Waals surface area (Å²) in [5, 5.41) is 1.38. The van der Waals surface area contributed by atoms with Gasteiger partial charge < -0.3 is 9.80 Å². The molecule has 4 heteroatoms. The quantitative estimate of drug-likeness (QED) is 0.159. The maximum absolute atomic E-state index is 2.74. The van der Waals surface area contributed by atoms with Crippen molar-refractivity contribution in [3.63, 3.8) is 0 Å². The van der Waals surface area contributed by atoms with Gasteiger partial charge in [-0.15, -0.1) is 11.3 Å². The van der Waals surface area contributed by atoms with Crippen LogP contribution in [-0.4, -0.2) is 6.71 Å². The van der Waals surface area contributed by atoms with E-state index in [1.807, 2.05) is 11.3 Å². The van der Waals surface area contributed by atoms with Crippen molar-refractivity contribution in [3.8, 4) is 0 Å². The van der Waals surface area contributed by atoms with Crippen LogP contribution in [0.2, 0.25) is 0 Å². The van der Waals surface area contributed by atoms with Gasteiger partial charge in [-0.3, -0.25) is 0 Å². The largest absolute Gasteiger partial charge is 0.311 e. The summed E-state index contributed by atoms with van der Waals surface area (Å²) in [5.74, 6) is 0. The lowest BCUT2D eigenvalue weighted by atomic mass is 9.35. The first kappa shape index (κ1) is 43.6. The molecule has 0 spiro atoms. The van der Waals surface area contributed by atoms with Gasteiger partial charge in [0.1, 0.15) is 0 Å². The molecule has 0 bridgehead atoms. The van der Waals surface area contributed by atoms with Crippen molar-refractivity contribution in [1.82, 2.24) is 0 Å². The number of benzene rings is 5. The maximum atomic E-state index is 2.74.